The number of ketones is 1. The topological polar surface area (TPSA) is 70.0 Å². The van der Waals surface area contributed by atoms with E-state index >= 15 is 0 Å². The van der Waals surface area contributed by atoms with Crippen molar-refractivity contribution in [2.45, 2.75) is 82.0 Å². The van der Waals surface area contributed by atoms with Crippen LogP contribution in [0.15, 0.2) is 12.1 Å². The van der Waals surface area contributed by atoms with Crippen LogP contribution in [-0.4, -0.2) is 51.7 Å². The number of carbonyl (C=O) groups is 1. The van der Waals surface area contributed by atoms with Crippen molar-refractivity contribution in [3.63, 3.8) is 0 Å². The van der Waals surface area contributed by atoms with Crippen LogP contribution >= 0.6 is 0 Å². The molecule has 30 heavy (non-hydrogen) atoms. The quantitative estimate of drug-likeness (QED) is 0.779. The molecule has 162 valence electrons. The van der Waals surface area contributed by atoms with Crippen LogP contribution in [0.3, 0.4) is 0 Å². The maximum Gasteiger partial charge on any atom is 0.180 e. The van der Waals surface area contributed by atoms with E-state index in [1.807, 2.05) is 6.92 Å². The van der Waals surface area contributed by atoms with Gasteiger partial charge in [0.1, 0.15) is 0 Å². The molecule has 5 heteroatoms. The molecule has 2 aliphatic heterocycles. The first-order valence-electron chi connectivity index (χ1n) is 11.9. The predicted octanol–water partition coefficient (Wildman–Crippen LogP) is 3.19. The summed E-state index contributed by atoms with van der Waals surface area (Å²) in [7, 11) is 0. The number of Topliss-reactive ketones (excluding diaryl/α,β-unsaturated/α-hetero) is 1. The minimum Gasteiger partial charge on any atom is -0.504 e. The molecular formula is C25H33NO4. The van der Waals surface area contributed by atoms with Crippen LogP contribution in [-0.2, 0) is 16.6 Å². The zero-order valence-corrected chi connectivity index (χ0v) is 18.1. The Bertz CT molecular complexity index is 907. The first kappa shape index (κ1) is 19.1. The number of aromatic hydroxyl groups is 1. The minimum absolute atomic E-state index is 0.0440. The number of phenols is 1. The van der Waals surface area contributed by atoms with Crippen molar-refractivity contribution in [1.82, 2.24) is 4.90 Å². The van der Waals surface area contributed by atoms with E-state index in [0.29, 0.717) is 18.2 Å². The number of benzene rings is 1. The van der Waals surface area contributed by atoms with E-state index in [9.17, 15) is 15.0 Å². The molecule has 0 aromatic heterocycles. The van der Waals surface area contributed by atoms with Gasteiger partial charge in [0.05, 0.1) is 11.5 Å². The number of hydrogen-bond donors (Lipinski definition) is 2. The zero-order valence-electron chi connectivity index (χ0n) is 18.1. The highest BCUT2D eigenvalue weighted by molar-refractivity contribution is 5.92. The summed E-state index contributed by atoms with van der Waals surface area (Å²) in [5.41, 5.74) is 1.02. The molecule has 2 saturated carbocycles. The lowest BCUT2D eigenvalue weighted by Crippen LogP contribution is -2.69. The fourth-order valence-corrected chi connectivity index (χ4v) is 7.51. The van der Waals surface area contributed by atoms with Gasteiger partial charge in [0.2, 0.25) is 0 Å². The highest BCUT2D eigenvalue weighted by atomic mass is 16.5. The van der Waals surface area contributed by atoms with Gasteiger partial charge in [-0.05, 0) is 75.5 Å². The van der Waals surface area contributed by atoms with Crippen molar-refractivity contribution in [3.05, 3.63) is 23.3 Å². The van der Waals surface area contributed by atoms with Gasteiger partial charge < -0.3 is 14.9 Å². The second-order valence-electron chi connectivity index (χ2n) is 10.9. The Kier molecular flexibility index (Phi) is 3.97. The van der Waals surface area contributed by atoms with Gasteiger partial charge in [-0.3, -0.25) is 9.69 Å². The number of carbonyl (C=O) groups excluding carboxylic acids is 1. The number of rotatable bonds is 5. The number of phenolic OH excluding ortho intramolecular Hbond substituents is 1. The van der Waals surface area contributed by atoms with E-state index < -0.39 is 17.6 Å². The number of nitrogens with zero attached hydrogens (tertiary/aromatic N) is 1. The molecule has 2 unspecified atom stereocenters. The maximum absolute atomic E-state index is 13.8. The zero-order chi connectivity index (χ0) is 20.8. The van der Waals surface area contributed by atoms with Crippen LogP contribution in [0.25, 0.3) is 0 Å². The monoisotopic (exact) mass is 411 g/mol. The normalized spacial score (nSPS) is 38.7. The van der Waals surface area contributed by atoms with Crippen molar-refractivity contribution >= 4 is 5.78 Å². The molecule has 5 nitrogen and oxygen atoms in total. The Labute approximate surface area is 178 Å². The average Bonchev–Trinajstić information content (AvgIpc) is 3.44. The molecule has 5 aliphatic rings. The molecule has 3 fully saturated rings. The van der Waals surface area contributed by atoms with Crippen molar-refractivity contribution in [1.29, 1.82) is 0 Å². The van der Waals surface area contributed by atoms with E-state index in [0.717, 1.165) is 50.3 Å². The molecule has 2 heterocycles. The van der Waals surface area contributed by atoms with Crippen LogP contribution < -0.4 is 4.74 Å². The Morgan fingerprint density at radius 3 is 2.87 bits per heavy atom. The lowest BCUT2D eigenvalue weighted by molar-refractivity contribution is -0.159. The van der Waals surface area contributed by atoms with Gasteiger partial charge in [-0.2, -0.15) is 0 Å². The van der Waals surface area contributed by atoms with E-state index in [2.05, 4.69) is 17.9 Å². The maximum atomic E-state index is 13.8. The van der Waals surface area contributed by atoms with Crippen LogP contribution in [0.1, 0.15) is 63.5 Å². The molecule has 6 atom stereocenters. The van der Waals surface area contributed by atoms with Gasteiger partial charge in [-0.25, -0.2) is 0 Å². The van der Waals surface area contributed by atoms with Gasteiger partial charge in [-0.15, -0.1) is 0 Å². The lowest BCUT2D eigenvalue weighted by atomic mass is 9.48. The largest absolute Gasteiger partial charge is 0.504 e. The van der Waals surface area contributed by atoms with Gasteiger partial charge in [0.15, 0.2) is 23.4 Å². The smallest absolute Gasteiger partial charge is 0.180 e. The van der Waals surface area contributed by atoms with Crippen LogP contribution in [0.2, 0.25) is 0 Å². The molecule has 1 saturated heterocycles. The second kappa shape index (κ2) is 6.23. The summed E-state index contributed by atoms with van der Waals surface area (Å²) < 4.78 is 6.32. The van der Waals surface area contributed by atoms with E-state index in [1.54, 1.807) is 6.07 Å². The number of ether oxygens (including phenoxy) is 1. The molecule has 1 aromatic rings. The Morgan fingerprint density at radius 2 is 2.13 bits per heavy atom. The van der Waals surface area contributed by atoms with Crippen molar-refractivity contribution in [2.75, 3.05) is 13.1 Å². The van der Waals surface area contributed by atoms with Crippen molar-refractivity contribution in [3.8, 4) is 11.5 Å². The Hall–Kier alpha value is -1.59. The molecule has 2 bridgehead atoms. The molecule has 2 N–H and O–H groups in total. The molecule has 6 rings (SSSR count). The highest BCUT2D eigenvalue weighted by Crippen LogP contribution is 2.64. The molecule has 0 amide bonds. The van der Waals surface area contributed by atoms with E-state index in [1.165, 1.54) is 18.4 Å². The first-order chi connectivity index (χ1) is 14.4. The summed E-state index contributed by atoms with van der Waals surface area (Å²) in [6.07, 6.45) is 6.16. The van der Waals surface area contributed by atoms with Crippen LogP contribution in [0.4, 0.5) is 0 Å². The van der Waals surface area contributed by atoms with Gasteiger partial charge in [-0.1, -0.05) is 19.4 Å². The number of likely N-dealkylation sites (tertiary alicyclic amines) is 1. The Morgan fingerprint density at radius 1 is 1.33 bits per heavy atom. The third-order valence-corrected chi connectivity index (χ3v) is 9.02. The van der Waals surface area contributed by atoms with Crippen LogP contribution in [0.5, 0.6) is 11.5 Å². The number of aliphatic hydroxyl groups is 1. The van der Waals surface area contributed by atoms with Crippen LogP contribution in [0, 0.1) is 17.8 Å². The summed E-state index contributed by atoms with van der Waals surface area (Å²) in [4.78, 5) is 16.5. The number of hydrogen-bond acceptors (Lipinski definition) is 5. The van der Waals surface area contributed by atoms with Gasteiger partial charge in [0, 0.05) is 23.6 Å². The molecule has 3 aliphatic carbocycles. The fourth-order valence-electron chi connectivity index (χ4n) is 7.51. The van der Waals surface area contributed by atoms with Gasteiger partial charge >= 0.3 is 0 Å². The molecule has 1 spiro atoms. The van der Waals surface area contributed by atoms with Gasteiger partial charge in [0.25, 0.3) is 0 Å². The van der Waals surface area contributed by atoms with Crippen molar-refractivity contribution in [2.24, 2.45) is 17.8 Å². The highest BCUT2D eigenvalue weighted by Gasteiger charge is 2.69. The third kappa shape index (κ3) is 2.39. The SMILES string of the molecule is CCCC(C)(O)C1C[C@H]2[C@H]3Cc4ccc(O)c5c4[C@@]2(CCN3CC2CC2)[C@@H](O5)C1=O. The third-order valence-electron chi connectivity index (χ3n) is 9.02. The molecular weight excluding hydrogens is 378 g/mol. The minimum atomic E-state index is -1.01. The van der Waals surface area contributed by atoms with Crippen molar-refractivity contribution < 1.29 is 19.7 Å². The second-order valence-corrected chi connectivity index (χ2v) is 10.9. The van der Waals surface area contributed by atoms with E-state index in [-0.39, 0.29) is 22.9 Å². The first-order valence-corrected chi connectivity index (χ1v) is 11.9. The summed E-state index contributed by atoms with van der Waals surface area (Å²) in [5, 5.41) is 21.9. The summed E-state index contributed by atoms with van der Waals surface area (Å²) in [6.45, 7) is 6.05. The Balaban J connectivity index is 1.48. The molecule has 1 aromatic carbocycles. The summed E-state index contributed by atoms with van der Waals surface area (Å²) in [6, 6.07) is 4.18. The lowest BCUT2D eigenvalue weighted by Gasteiger charge is -2.60. The fraction of sp³-hybridized carbons (Fsp3) is 0.720. The summed E-state index contributed by atoms with van der Waals surface area (Å²) >= 11 is 0. The predicted molar refractivity (Wildman–Crippen MR) is 113 cm³/mol. The number of piperidine rings is 1. The molecule has 0 radical (unpaired) electrons. The standard InChI is InChI=1S/C25H33NO4/c1-3-8-24(2,29)17-12-16-18-11-15-6-7-19(27)22-20(15)25(16,23(30-22)21(17)28)9-10-26(18)13-14-4-5-14/h6-7,14,16-18,23,27,29H,3-5,8-13H2,1-2H3/t16-,17?,18+,23-,24?,25-/m0/s1. The average molecular weight is 412 g/mol. The van der Waals surface area contributed by atoms with E-state index in [4.69, 9.17) is 4.74 Å². The summed E-state index contributed by atoms with van der Waals surface area (Å²) in [5.74, 6) is 1.46.